The molecule has 0 saturated carbocycles. The van der Waals surface area contributed by atoms with E-state index in [9.17, 15) is 18.0 Å². The Morgan fingerprint density at radius 2 is 1.54 bits per heavy atom. The minimum atomic E-state index is -3.88. The lowest BCUT2D eigenvalue weighted by Crippen LogP contribution is -2.33. The van der Waals surface area contributed by atoms with Gasteiger partial charge in [-0.3, -0.25) is 9.59 Å². The molecule has 0 saturated heterocycles. The molecule has 2 rings (SSSR count). The first-order valence-corrected chi connectivity index (χ1v) is 9.65. The minimum absolute atomic E-state index is 0.134. The number of amides is 2. The Morgan fingerprint density at radius 1 is 0.923 bits per heavy atom. The number of methoxy groups -OCH3 is 1. The van der Waals surface area contributed by atoms with Crippen LogP contribution in [0.3, 0.4) is 0 Å². The van der Waals surface area contributed by atoms with Crippen molar-refractivity contribution in [1.29, 1.82) is 0 Å². The SMILES string of the molecule is COc1ccccc1CNC(=O)CS(=O)(=O)CC(=O)Nc1ccccc1. The summed E-state index contributed by atoms with van der Waals surface area (Å²) in [6.45, 7) is 0.134. The highest BCUT2D eigenvalue weighted by Gasteiger charge is 2.21. The fraction of sp³-hybridized carbons (Fsp3) is 0.222. The average Bonchev–Trinajstić information content (AvgIpc) is 2.60. The number of anilines is 1. The van der Waals surface area contributed by atoms with Crippen LogP contribution in [0.25, 0.3) is 0 Å². The Morgan fingerprint density at radius 3 is 2.23 bits per heavy atom. The van der Waals surface area contributed by atoms with Crippen molar-refractivity contribution in [3.05, 3.63) is 60.2 Å². The maximum Gasteiger partial charge on any atom is 0.239 e. The monoisotopic (exact) mass is 376 g/mol. The summed E-state index contributed by atoms with van der Waals surface area (Å²) in [4.78, 5) is 23.7. The van der Waals surface area contributed by atoms with E-state index in [-0.39, 0.29) is 6.54 Å². The third kappa shape index (κ3) is 6.21. The van der Waals surface area contributed by atoms with Gasteiger partial charge in [0.25, 0.3) is 0 Å². The van der Waals surface area contributed by atoms with Crippen LogP contribution in [0.5, 0.6) is 5.75 Å². The van der Waals surface area contributed by atoms with E-state index in [1.54, 1.807) is 54.6 Å². The molecule has 0 fully saturated rings. The van der Waals surface area contributed by atoms with Gasteiger partial charge in [-0.1, -0.05) is 36.4 Å². The van der Waals surface area contributed by atoms with Crippen molar-refractivity contribution in [2.75, 3.05) is 23.9 Å². The van der Waals surface area contributed by atoms with Gasteiger partial charge < -0.3 is 15.4 Å². The molecule has 8 heteroatoms. The number of para-hydroxylation sites is 2. The third-order valence-corrected chi connectivity index (χ3v) is 4.83. The van der Waals surface area contributed by atoms with E-state index in [4.69, 9.17) is 4.74 Å². The molecule has 0 heterocycles. The normalized spacial score (nSPS) is 10.8. The van der Waals surface area contributed by atoms with Gasteiger partial charge in [0.2, 0.25) is 11.8 Å². The molecule has 138 valence electrons. The first-order chi connectivity index (χ1) is 12.4. The van der Waals surface area contributed by atoms with Gasteiger partial charge in [0.05, 0.1) is 7.11 Å². The standard InChI is InChI=1S/C18H20N2O5S/c1-25-16-10-6-5-7-14(16)11-19-17(21)12-26(23,24)13-18(22)20-15-8-3-2-4-9-15/h2-10H,11-13H2,1H3,(H,19,21)(H,20,22). The quantitative estimate of drug-likeness (QED) is 0.724. The molecule has 2 N–H and O–H groups in total. The molecule has 0 radical (unpaired) electrons. The lowest BCUT2D eigenvalue weighted by atomic mass is 10.2. The van der Waals surface area contributed by atoms with Crippen LogP contribution in [-0.2, 0) is 26.0 Å². The summed E-state index contributed by atoms with van der Waals surface area (Å²) in [7, 11) is -2.37. The molecular weight excluding hydrogens is 356 g/mol. The zero-order chi connectivity index (χ0) is 19.0. The summed E-state index contributed by atoms with van der Waals surface area (Å²) in [6.07, 6.45) is 0. The number of ether oxygens (including phenoxy) is 1. The van der Waals surface area contributed by atoms with E-state index < -0.39 is 33.2 Å². The fourth-order valence-electron chi connectivity index (χ4n) is 2.26. The van der Waals surface area contributed by atoms with Crippen molar-refractivity contribution >= 4 is 27.3 Å². The first kappa shape index (κ1) is 19.5. The van der Waals surface area contributed by atoms with E-state index in [0.29, 0.717) is 11.4 Å². The molecule has 0 atom stereocenters. The Hall–Kier alpha value is -2.87. The van der Waals surface area contributed by atoms with Crippen molar-refractivity contribution in [2.24, 2.45) is 0 Å². The lowest BCUT2D eigenvalue weighted by molar-refractivity contribution is -0.118. The molecule has 0 aliphatic rings. The number of benzene rings is 2. The average molecular weight is 376 g/mol. The number of carbonyl (C=O) groups excluding carboxylic acids is 2. The summed E-state index contributed by atoms with van der Waals surface area (Å²) in [6, 6.07) is 15.6. The van der Waals surface area contributed by atoms with Gasteiger partial charge in [-0.05, 0) is 18.2 Å². The molecular formula is C18H20N2O5S. The van der Waals surface area contributed by atoms with Crippen LogP contribution in [0.4, 0.5) is 5.69 Å². The van der Waals surface area contributed by atoms with Crippen molar-refractivity contribution < 1.29 is 22.7 Å². The van der Waals surface area contributed by atoms with E-state index in [1.807, 2.05) is 0 Å². The zero-order valence-corrected chi connectivity index (χ0v) is 15.1. The molecule has 0 aromatic heterocycles. The molecule has 7 nitrogen and oxygen atoms in total. The van der Waals surface area contributed by atoms with E-state index in [2.05, 4.69) is 10.6 Å². The highest BCUT2D eigenvalue weighted by Crippen LogP contribution is 2.16. The minimum Gasteiger partial charge on any atom is -0.496 e. The molecule has 2 aromatic carbocycles. The summed E-state index contributed by atoms with van der Waals surface area (Å²) in [5, 5.41) is 5.00. The molecule has 0 aliphatic carbocycles. The number of hydrogen-bond donors (Lipinski definition) is 2. The van der Waals surface area contributed by atoms with Crippen LogP contribution in [0, 0.1) is 0 Å². The van der Waals surface area contributed by atoms with E-state index in [0.717, 1.165) is 5.56 Å². The fourth-order valence-corrected chi connectivity index (χ4v) is 3.34. The smallest absolute Gasteiger partial charge is 0.239 e. The van der Waals surface area contributed by atoms with Crippen LogP contribution in [0.1, 0.15) is 5.56 Å². The Balaban J connectivity index is 1.85. The summed E-state index contributed by atoms with van der Waals surface area (Å²) in [5.74, 6) is -2.29. The lowest BCUT2D eigenvalue weighted by Gasteiger charge is -2.10. The first-order valence-electron chi connectivity index (χ1n) is 7.83. The summed E-state index contributed by atoms with van der Waals surface area (Å²) >= 11 is 0. The molecule has 0 spiro atoms. The molecule has 26 heavy (non-hydrogen) atoms. The number of sulfone groups is 1. The molecule has 2 aromatic rings. The largest absolute Gasteiger partial charge is 0.496 e. The number of hydrogen-bond acceptors (Lipinski definition) is 5. The van der Waals surface area contributed by atoms with Gasteiger partial charge in [0.1, 0.15) is 17.3 Å². The van der Waals surface area contributed by atoms with Crippen LogP contribution < -0.4 is 15.4 Å². The Labute approximate surface area is 152 Å². The van der Waals surface area contributed by atoms with Crippen LogP contribution in [0.2, 0.25) is 0 Å². The van der Waals surface area contributed by atoms with Gasteiger partial charge in [0, 0.05) is 17.8 Å². The number of rotatable bonds is 8. The predicted molar refractivity (Wildman–Crippen MR) is 98.6 cm³/mol. The van der Waals surface area contributed by atoms with E-state index >= 15 is 0 Å². The zero-order valence-electron chi connectivity index (χ0n) is 14.3. The van der Waals surface area contributed by atoms with Crippen molar-refractivity contribution in [2.45, 2.75) is 6.54 Å². The van der Waals surface area contributed by atoms with Gasteiger partial charge >= 0.3 is 0 Å². The van der Waals surface area contributed by atoms with Crippen LogP contribution >= 0.6 is 0 Å². The predicted octanol–water partition coefficient (Wildman–Crippen LogP) is 1.36. The van der Waals surface area contributed by atoms with Gasteiger partial charge in [-0.25, -0.2) is 8.42 Å². The maximum absolute atomic E-state index is 12.0. The highest BCUT2D eigenvalue weighted by atomic mass is 32.2. The van der Waals surface area contributed by atoms with Crippen LogP contribution in [-0.4, -0.2) is 38.8 Å². The third-order valence-electron chi connectivity index (χ3n) is 3.43. The van der Waals surface area contributed by atoms with E-state index in [1.165, 1.54) is 7.11 Å². The Kier molecular flexibility index (Phi) is 6.74. The molecule has 0 aliphatic heterocycles. The topological polar surface area (TPSA) is 102 Å². The Bertz CT molecular complexity index is 866. The molecule has 0 bridgehead atoms. The molecule has 2 amide bonds. The molecule has 0 unspecified atom stereocenters. The summed E-state index contributed by atoms with van der Waals surface area (Å²) < 4.78 is 29.2. The second-order valence-electron chi connectivity index (χ2n) is 5.54. The number of carbonyl (C=O) groups is 2. The van der Waals surface area contributed by atoms with Crippen LogP contribution in [0.15, 0.2) is 54.6 Å². The van der Waals surface area contributed by atoms with Crippen molar-refractivity contribution in [3.8, 4) is 5.75 Å². The summed E-state index contributed by atoms with van der Waals surface area (Å²) in [5.41, 5.74) is 1.22. The van der Waals surface area contributed by atoms with Crippen molar-refractivity contribution in [1.82, 2.24) is 5.32 Å². The van der Waals surface area contributed by atoms with Crippen molar-refractivity contribution in [3.63, 3.8) is 0 Å². The van der Waals surface area contributed by atoms with Gasteiger partial charge in [-0.15, -0.1) is 0 Å². The highest BCUT2D eigenvalue weighted by molar-refractivity contribution is 7.92. The maximum atomic E-state index is 12.0. The van der Waals surface area contributed by atoms with Gasteiger partial charge in [-0.2, -0.15) is 0 Å². The second-order valence-corrected chi connectivity index (χ2v) is 7.60. The second kappa shape index (κ2) is 9.00. The van der Waals surface area contributed by atoms with Gasteiger partial charge in [0.15, 0.2) is 9.84 Å². The number of nitrogens with one attached hydrogen (secondary N) is 2.